The molecular weight excluding hydrogens is 610 g/mol. The fourth-order valence-corrected chi connectivity index (χ4v) is 8.39. The molecule has 0 spiro atoms. The summed E-state index contributed by atoms with van der Waals surface area (Å²) in [5.41, 5.74) is 12.4. The van der Waals surface area contributed by atoms with Crippen LogP contribution in [0.25, 0.3) is 49.7 Å². The molecule has 45 heavy (non-hydrogen) atoms. The average molecular weight is 655 g/mol. The zero-order valence-corrected chi connectivity index (χ0v) is 28.4. The van der Waals surface area contributed by atoms with Gasteiger partial charge in [-0.15, -0.1) is 0 Å². The van der Waals surface area contributed by atoms with E-state index in [0.29, 0.717) is 0 Å². The first kappa shape index (κ1) is 30.1. The number of rotatable bonds is 12. The maximum atomic E-state index is 3.86. The molecule has 1 nitrogen and oxygen atoms in total. The summed E-state index contributed by atoms with van der Waals surface area (Å²) in [6.45, 7) is 4.64. The quantitative estimate of drug-likeness (QED) is 0.116. The van der Waals surface area contributed by atoms with Gasteiger partial charge in [0.1, 0.15) is 0 Å². The van der Waals surface area contributed by atoms with E-state index in [0.717, 1.165) is 0 Å². The molecule has 0 radical (unpaired) electrons. The monoisotopic (exact) mass is 653 g/mol. The molecule has 1 aromatic heterocycles. The number of fused-ring (bicyclic) bond motifs is 6. The van der Waals surface area contributed by atoms with Crippen molar-refractivity contribution < 1.29 is 0 Å². The van der Waals surface area contributed by atoms with Crippen molar-refractivity contribution in [3.05, 3.63) is 125 Å². The molecule has 2 heteroatoms. The summed E-state index contributed by atoms with van der Waals surface area (Å²) in [7, 11) is 0. The molecule has 1 aliphatic carbocycles. The van der Waals surface area contributed by atoms with E-state index in [1.54, 1.807) is 11.1 Å². The van der Waals surface area contributed by atoms with Crippen LogP contribution in [0.15, 0.2) is 114 Å². The van der Waals surface area contributed by atoms with Crippen molar-refractivity contribution in [2.24, 2.45) is 0 Å². The van der Waals surface area contributed by atoms with E-state index in [2.05, 4.69) is 144 Å². The van der Waals surface area contributed by atoms with E-state index in [1.807, 2.05) is 0 Å². The highest BCUT2D eigenvalue weighted by atomic mass is 79.9. The van der Waals surface area contributed by atoms with Crippen molar-refractivity contribution in [3.8, 4) is 27.9 Å². The second-order valence-electron chi connectivity index (χ2n) is 13.1. The van der Waals surface area contributed by atoms with Gasteiger partial charge in [0.2, 0.25) is 0 Å². The summed E-state index contributed by atoms with van der Waals surface area (Å²) in [6, 6.07) is 41.1. The van der Waals surface area contributed by atoms with Crippen LogP contribution in [0.4, 0.5) is 0 Å². The Morgan fingerprint density at radius 1 is 0.533 bits per heavy atom. The Bertz CT molecular complexity index is 1930. The number of para-hydroxylation sites is 2. The predicted molar refractivity (Wildman–Crippen MR) is 198 cm³/mol. The molecule has 1 heterocycles. The zero-order valence-electron chi connectivity index (χ0n) is 26.8. The van der Waals surface area contributed by atoms with Gasteiger partial charge >= 0.3 is 0 Å². The topological polar surface area (TPSA) is 4.93 Å². The van der Waals surface area contributed by atoms with Crippen molar-refractivity contribution in [1.82, 2.24) is 4.57 Å². The van der Waals surface area contributed by atoms with Crippen LogP contribution in [-0.2, 0) is 5.41 Å². The van der Waals surface area contributed by atoms with Gasteiger partial charge in [-0.1, -0.05) is 142 Å². The summed E-state index contributed by atoms with van der Waals surface area (Å²) in [6.07, 6.45) is 12.8. The van der Waals surface area contributed by atoms with Crippen molar-refractivity contribution in [2.45, 2.75) is 83.5 Å². The SMILES string of the molecule is CCCCCCC1(CCCCCC)c2cc(Br)ccc2-c2ccc(-c3ccc4c(c3)c3ccccc3n4-c3ccccc3)cc21. The fourth-order valence-electron chi connectivity index (χ4n) is 8.03. The van der Waals surface area contributed by atoms with E-state index < -0.39 is 0 Å². The van der Waals surface area contributed by atoms with Gasteiger partial charge in [0.15, 0.2) is 0 Å². The second-order valence-corrected chi connectivity index (χ2v) is 14.0. The number of hydrogen-bond acceptors (Lipinski definition) is 0. The standard InChI is InChI=1S/C43H44BrN/c1-3-5-7-14-26-43(27-15-8-6-4-2)39-29-32(20-23-35(39)36-24-22-33(44)30-40(36)43)31-21-25-42-38(28-31)37-18-12-13-19-41(37)45(42)34-16-10-9-11-17-34/h9-13,16-25,28-30H,3-8,14-15,26-27H2,1-2H3. The van der Waals surface area contributed by atoms with Crippen molar-refractivity contribution in [3.63, 3.8) is 0 Å². The van der Waals surface area contributed by atoms with Crippen LogP contribution in [-0.4, -0.2) is 4.57 Å². The highest BCUT2D eigenvalue weighted by molar-refractivity contribution is 9.10. The van der Waals surface area contributed by atoms with Crippen LogP contribution in [0.1, 0.15) is 89.2 Å². The molecule has 0 bridgehead atoms. The largest absolute Gasteiger partial charge is 0.309 e. The van der Waals surface area contributed by atoms with Crippen LogP contribution in [0.2, 0.25) is 0 Å². The highest BCUT2D eigenvalue weighted by Gasteiger charge is 2.42. The Kier molecular flexibility index (Phi) is 8.69. The first-order chi connectivity index (χ1) is 22.1. The molecule has 0 atom stereocenters. The lowest BCUT2D eigenvalue weighted by molar-refractivity contribution is 0.401. The summed E-state index contributed by atoms with van der Waals surface area (Å²) in [5.74, 6) is 0. The summed E-state index contributed by atoms with van der Waals surface area (Å²) >= 11 is 3.86. The Labute approximate surface area is 277 Å². The van der Waals surface area contributed by atoms with Gasteiger partial charge in [-0.25, -0.2) is 0 Å². The molecule has 0 saturated heterocycles. The van der Waals surface area contributed by atoms with E-state index in [1.165, 1.54) is 118 Å². The predicted octanol–water partition coefficient (Wildman–Crippen LogP) is 13.4. The third-order valence-electron chi connectivity index (χ3n) is 10.3. The molecule has 7 rings (SSSR count). The number of aromatic nitrogens is 1. The van der Waals surface area contributed by atoms with Crippen LogP contribution < -0.4 is 0 Å². The molecular formula is C43H44BrN. The number of unbranched alkanes of at least 4 members (excludes halogenated alkanes) is 6. The number of hydrogen-bond donors (Lipinski definition) is 0. The Morgan fingerprint density at radius 2 is 1.13 bits per heavy atom. The Hall–Kier alpha value is -3.62. The van der Waals surface area contributed by atoms with E-state index >= 15 is 0 Å². The van der Waals surface area contributed by atoms with Gasteiger partial charge in [-0.05, 0) is 94.8 Å². The molecule has 0 N–H and O–H groups in total. The molecule has 6 aromatic rings. The van der Waals surface area contributed by atoms with Gasteiger partial charge < -0.3 is 4.57 Å². The molecule has 228 valence electrons. The van der Waals surface area contributed by atoms with Gasteiger partial charge in [0, 0.05) is 26.3 Å². The maximum absolute atomic E-state index is 3.86. The van der Waals surface area contributed by atoms with Crippen molar-refractivity contribution >= 4 is 37.7 Å². The molecule has 1 aliphatic rings. The summed E-state index contributed by atoms with van der Waals surface area (Å²) in [5, 5.41) is 2.61. The van der Waals surface area contributed by atoms with E-state index in [4.69, 9.17) is 0 Å². The Morgan fingerprint density at radius 3 is 1.87 bits per heavy atom. The smallest absolute Gasteiger partial charge is 0.0541 e. The first-order valence-electron chi connectivity index (χ1n) is 17.2. The second kappa shape index (κ2) is 13.0. The molecule has 0 amide bonds. The normalized spacial score (nSPS) is 13.4. The maximum Gasteiger partial charge on any atom is 0.0541 e. The van der Waals surface area contributed by atoms with Crippen LogP contribution >= 0.6 is 15.9 Å². The minimum absolute atomic E-state index is 0.0688. The number of benzene rings is 5. The lowest BCUT2D eigenvalue weighted by Gasteiger charge is -2.33. The van der Waals surface area contributed by atoms with Gasteiger partial charge in [0.25, 0.3) is 0 Å². The van der Waals surface area contributed by atoms with E-state index in [-0.39, 0.29) is 5.41 Å². The zero-order chi connectivity index (χ0) is 30.8. The minimum atomic E-state index is 0.0688. The lowest BCUT2D eigenvalue weighted by atomic mass is 9.70. The highest BCUT2D eigenvalue weighted by Crippen LogP contribution is 2.55. The van der Waals surface area contributed by atoms with Crippen LogP contribution in [0.3, 0.4) is 0 Å². The van der Waals surface area contributed by atoms with Gasteiger partial charge in [-0.2, -0.15) is 0 Å². The van der Waals surface area contributed by atoms with Crippen molar-refractivity contribution in [1.29, 1.82) is 0 Å². The van der Waals surface area contributed by atoms with Crippen LogP contribution in [0.5, 0.6) is 0 Å². The summed E-state index contributed by atoms with van der Waals surface area (Å²) in [4.78, 5) is 0. The minimum Gasteiger partial charge on any atom is -0.309 e. The summed E-state index contributed by atoms with van der Waals surface area (Å²) < 4.78 is 3.60. The molecule has 0 saturated carbocycles. The first-order valence-corrected chi connectivity index (χ1v) is 18.0. The van der Waals surface area contributed by atoms with Gasteiger partial charge in [-0.3, -0.25) is 0 Å². The van der Waals surface area contributed by atoms with E-state index in [9.17, 15) is 0 Å². The third kappa shape index (κ3) is 5.46. The van der Waals surface area contributed by atoms with Gasteiger partial charge in [0.05, 0.1) is 11.0 Å². The molecule has 0 unspecified atom stereocenters. The third-order valence-corrected chi connectivity index (χ3v) is 10.8. The average Bonchev–Trinajstić information content (AvgIpc) is 3.55. The molecule has 5 aromatic carbocycles. The molecule has 0 fully saturated rings. The number of nitrogens with zero attached hydrogens (tertiary/aromatic N) is 1. The van der Waals surface area contributed by atoms with Crippen LogP contribution in [0, 0.1) is 0 Å². The van der Waals surface area contributed by atoms with Crippen molar-refractivity contribution in [2.75, 3.05) is 0 Å². The fraction of sp³-hybridized carbons (Fsp3) is 0.302. The lowest BCUT2D eigenvalue weighted by Crippen LogP contribution is -2.25. The molecule has 0 aliphatic heterocycles. The number of halogens is 1. The Balaban J connectivity index is 1.37.